The zero-order chi connectivity index (χ0) is 10.6. The lowest BCUT2D eigenvalue weighted by Gasteiger charge is -2.23. The van der Waals surface area contributed by atoms with Crippen LogP contribution in [0.25, 0.3) is 0 Å². The van der Waals surface area contributed by atoms with Crippen LogP contribution < -0.4 is 0 Å². The highest BCUT2D eigenvalue weighted by molar-refractivity contribution is 9.11. The summed E-state index contributed by atoms with van der Waals surface area (Å²) in [4.78, 5) is 3.82. The first-order valence-corrected chi connectivity index (χ1v) is 7.57. The van der Waals surface area contributed by atoms with Crippen molar-refractivity contribution in [3.8, 4) is 0 Å². The van der Waals surface area contributed by atoms with Gasteiger partial charge in [-0.25, -0.2) is 0 Å². The average Bonchev–Trinajstić information content (AvgIpc) is 2.51. The molecule has 80 valence electrons. The molecule has 0 aliphatic rings. The highest BCUT2D eigenvalue weighted by Crippen LogP contribution is 2.23. The third-order valence-electron chi connectivity index (χ3n) is 2.19. The second kappa shape index (κ2) is 6.16. The van der Waals surface area contributed by atoms with E-state index in [2.05, 4.69) is 53.2 Å². The first-order valence-electron chi connectivity index (χ1n) is 4.57. The first-order chi connectivity index (χ1) is 6.63. The summed E-state index contributed by atoms with van der Waals surface area (Å²) in [5, 5.41) is 0. The lowest BCUT2D eigenvalue weighted by atomic mass is 10.3. The van der Waals surface area contributed by atoms with Gasteiger partial charge in [-0.15, -0.1) is 11.3 Å². The minimum Gasteiger partial charge on any atom is -0.298 e. The van der Waals surface area contributed by atoms with E-state index in [4.69, 9.17) is 0 Å². The Balaban J connectivity index is 2.43. The first kappa shape index (κ1) is 12.6. The fourth-order valence-electron chi connectivity index (χ4n) is 1.21. The van der Waals surface area contributed by atoms with E-state index in [0.29, 0.717) is 6.04 Å². The Morgan fingerprint density at radius 1 is 1.57 bits per heavy atom. The molecule has 14 heavy (non-hydrogen) atoms. The predicted octanol–water partition coefficient (Wildman–Crippen LogP) is 3.69. The van der Waals surface area contributed by atoms with Gasteiger partial charge in [0.05, 0.1) is 3.79 Å². The van der Waals surface area contributed by atoms with Crippen LogP contribution in [0.2, 0.25) is 0 Å². The maximum atomic E-state index is 3.49. The summed E-state index contributed by atoms with van der Waals surface area (Å²) in [6.45, 7) is 3.33. The number of halogens is 1. The molecule has 1 aromatic heterocycles. The zero-order valence-electron chi connectivity index (χ0n) is 8.79. The van der Waals surface area contributed by atoms with E-state index in [1.807, 2.05) is 23.1 Å². The molecule has 0 aromatic carbocycles. The largest absolute Gasteiger partial charge is 0.298 e. The summed E-state index contributed by atoms with van der Waals surface area (Å²) >= 11 is 7.21. The van der Waals surface area contributed by atoms with Gasteiger partial charge in [0.1, 0.15) is 0 Å². The molecule has 1 unspecified atom stereocenters. The number of thioether (sulfide) groups is 1. The van der Waals surface area contributed by atoms with E-state index < -0.39 is 0 Å². The molecule has 0 spiro atoms. The van der Waals surface area contributed by atoms with Crippen LogP contribution >= 0.6 is 39.0 Å². The minimum atomic E-state index is 0.644. The van der Waals surface area contributed by atoms with Gasteiger partial charge in [0.15, 0.2) is 0 Å². The zero-order valence-corrected chi connectivity index (χ0v) is 12.0. The van der Waals surface area contributed by atoms with E-state index in [1.54, 1.807) is 0 Å². The summed E-state index contributed by atoms with van der Waals surface area (Å²) in [5.74, 6) is 1.20. The number of hydrogen-bond acceptors (Lipinski definition) is 3. The summed E-state index contributed by atoms with van der Waals surface area (Å²) in [6.07, 6.45) is 2.16. The predicted molar refractivity (Wildman–Crippen MR) is 71.3 cm³/mol. The molecular weight excluding hydrogens is 278 g/mol. The maximum Gasteiger partial charge on any atom is 0.0701 e. The molecule has 0 saturated carbocycles. The van der Waals surface area contributed by atoms with Gasteiger partial charge in [0.2, 0.25) is 0 Å². The molecule has 0 fully saturated rings. The van der Waals surface area contributed by atoms with Gasteiger partial charge in [-0.1, -0.05) is 0 Å². The third kappa shape index (κ3) is 3.93. The Bertz CT molecular complexity index is 275. The van der Waals surface area contributed by atoms with Crippen molar-refractivity contribution in [3.63, 3.8) is 0 Å². The highest BCUT2D eigenvalue weighted by atomic mass is 79.9. The molecule has 1 nitrogen and oxygen atoms in total. The van der Waals surface area contributed by atoms with Gasteiger partial charge in [-0.3, -0.25) is 4.90 Å². The second-order valence-electron chi connectivity index (χ2n) is 3.43. The summed E-state index contributed by atoms with van der Waals surface area (Å²) < 4.78 is 1.22. The fourth-order valence-corrected chi connectivity index (χ4v) is 3.49. The van der Waals surface area contributed by atoms with E-state index in [-0.39, 0.29) is 0 Å². The van der Waals surface area contributed by atoms with Gasteiger partial charge >= 0.3 is 0 Å². The average molecular weight is 294 g/mol. The monoisotopic (exact) mass is 293 g/mol. The molecule has 0 radical (unpaired) electrons. The lowest BCUT2D eigenvalue weighted by Crippen LogP contribution is -2.30. The van der Waals surface area contributed by atoms with Gasteiger partial charge in [-0.05, 0) is 48.3 Å². The van der Waals surface area contributed by atoms with E-state index >= 15 is 0 Å². The van der Waals surface area contributed by atoms with Gasteiger partial charge in [0.25, 0.3) is 0 Å². The molecule has 0 saturated heterocycles. The minimum absolute atomic E-state index is 0.644. The molecule has 0 bridgehead atoms. The molecule has 0 amide bonds. The van der Waals surface area contributed by atoms with Crippen LogP contribution in [0.4, 0.5) is 0 Å². The van der Waals surface area contributed by atoms with Crippen LogP contribution in [0, 0.1) is 0 Å². The van der Waals surface area contributed by atoms with Gasteiger partial charge in [-0.2, -0.15) is 11.8 Å². The normalized spacial score (nSPS) is 13.5. The van der Waals surface area contributed by atoms with E-state index in [1.165, 1.54) is 14.4 Å². The Morgan fingerprint density at radius 2 is 2.29 bits per heavy atom. The Kier molecular flexibility index (Phi) is 5.52. The molecule has 0 aliphatic heterocycles. The van der Waals surface area contributed by atoms with Gasteiger partial charge in [0, 0.05) is 23.2 Å². The second-order valence-corrected chi connectivity index (χ2v) is 6.88. The van der Waals surface area contributed by atoms with Crippen molar-refractivity contribution in [1.82, 2.24) is 4.90 Å². The third-order valence-corrected chi connectivity index (χ3v) is 4.62. The summed E-state index contributed by atoms with van der Waals surface area (Å²) in [5.41, 5.74) is 0. The fraction of sp³-hybridized carbons (Fsp3) is 0.600. The Hall–Kier alpha value is 0.490. The SMILES string of the molecule is CSCC(C)N(C)Cc1ccc(Br)s1. The van der Waals surface area contributed by atoms with Crippen LogP contribution in [-0.2, 0) is 6.54 Å². The maximum absolute atomic E-state index is 3.49. The summed E-state index contributed by atoms with van der Waals surface area (Å²) in [7, 11) is 2.19. The quantitative estimate of drug-likeness (QED) is 0.814. The van der Waals surface area contributed by atoms with Crippen molar-refractivity contribution >= 4 is 39.0 Å². The topological polar surface area (TPSA) is 3.24 Å². The van der Waals surface area contributed by atoms with Crippen molar-refractivity contribution in [2.45, 2.75) is 19.5 Å². The van der Waals surface area contributed by atoms with Crippen LogP contribution in [0.3, 0.4) is 0 Å². The number of rotatable bonds is 5. The molecule has 4 heteroatoms. The number of thiophene rings is 1. The number of hydrogen-bond donors (Lipinski definition) is 0. The molecule has 1 heterocycles. The molecule has 1 atom stereocenters. The van der Waals surface area contributed by atoms with E-state index in [9.17, 15) is 0 Å². The van der Waals surface area contributed by atoms with Crippen molar-refractivity contribution in [2.24, 2.45) is 0 Å². The molecule has 1 rings (SSSR count). The van der Waals surface area contributed by atoms with Crippen LogP contribution in [0.1, 0.15) is 11.8 Å². The van der Waals surface area contributed by atoms with Crippen LogP contribution in [-0.4, -0.2) is 30.0 Å². The van der Waals surface area contributed by atoms with E-state index in [0.717, 1.165) is 6.54 Å². The highest BCUT2D eigenvalue weighted by Gasteiger charge is 2.09. The van der Waals surface area contributed by atoms with Crippen molar-refractivity contribution in [3.05, 3.63) is 20.8 Å². The Labute approximate surface area is 103 Å². The molecule has 1 aromatic rings. The molecule has 0 N–H and O–H groups in total. The number of nitrogens with zero attached hydrogens (tertiary/aromatic N) is 1. The van der Waals surface area contributed by atoms with Crippen molar-refractivity contribution < 1.29 is 0 Å². The molecular formula is C10H16BrNS2. The summed E-state index contributed by atoms with van der Waals surface area (Å²) in [6, 6.07) is 4.95. The van der Waals surface area contributed by atoms with Crippen LogP contribution in [0.5, 0.6) is 0 Å². The lowest BCUT2D eigenvalue weighted by molar-refractivity contribution is 0.272. The van der Waals surface area contributed by atoms with Crippen LogP contribution in [0.15, 0.2) is 15.9 Å². The molecule has 0 aliphatic carbocycles. The van der Waals surface area contributed by atoms with Gasteiger partial charge < -0.3 is 0 Å². The Morgan fingerprint density at radius 3 is 2.79 bits per heavy atom. The smallest absolute Gasteiger partial charge is 0.0701 e. The standard InChI is InChI=1S/C10H16BrNS2/c1-8(7-13-3)12(2)6-9-4-5-10(11)14-9/h4-5,8H,6-7H2,1-3H3. The van der Waals surface area contributed by atoms with Crippen molar-refractivity contribution in [2.75, 3.05) is 19.1 Å². The van der Waals surface area contributed by atoms with Crippen molar-refractivity contribution in [1.29, 1.82) is 0 Å².